The fraction of sp³-hybridized carbons (Fsp3) is 0.692. The first-order valence-electron chi connectivity index (χ1n) is 11.6. The summed E-state index contributed by atoms with van der Waals surface area (Å²) in [5.41, 5.74) is 2.68. The van der Waals surface area contributed by atoms with Gasteiger partial charge in [0.05, 0.1) is 0 Å². The Morgan fingerprint density at radius 2 is 1.04 bits per heavy atom. The van der Waals surface area contributed by atoms with Gasteiger partial charge in [0.2, 0.25) is 0 Å². The third-order valence-electron chi connectivity index (χ3n) is 6.00. The molecule has 0 saturated carbocycles. The van der Waals surface area contributed by atoms with Crippen molar-refractivity contribution in [3.8, 4) is 0 Å². The molecule has 0 aromatic rings. The lowest BCUT2D eigenvalue weighted by Crippen LogP contribution is -2.20. The van der Waals surface area contributed by atoms with Crippen molar-refractivity contribution in [2.45, 2.75) is 118 Å². The van der Waals surface area contributed by atoms with Crippen LogP contribution >= 0.6 is 0 Å². The van der Waals surface area contributed by atoms with Crippen LogP contribution in [-0.4, -0.2) is 11.6 Å². The highest BCUT2D eigenvalue weighted by molar-refractivity contribution is 6.24. The van der Waals surface area contributed by atoms with Crippen molar-refractivity contribution in [3.05, 3.63) is 34.4 Å². The summed E-state index contributed by atoms with van der Waals surface area (Å²) in [5.74, 6) is 0.143. The van der Waals surface area contributed by atoms with E-state index in [1.807, 2.05) is 6.92 Å². The number of allylic oxidation sites excluding steroid dienone is 6. The molecule has 0 amide bonds. The first kappa shape index (κ1) is 24.6. The van der Waals surface area contributed by atoms with E-state index in [0.717, 1.165) is 24.8 Å². The largest absolute Gasteiger partial charge is 0.289 e. The molecule has 0 aliphatic heterocycles. The SMILES string of the molecule is CCCCCCCC/C=C/CCCCCCCC1=C(C)C(=O)C(C)=C(C)C1=O. The number of rotatable bonds is 15. The summed E-state index contributed by atoms with van der Waals surface area (Å²) in [6.45, 7) is 7.61. The van der Waals surface area contributed by atoms with Crippen LogP contribution in [0.2, 0.25) is 0 Å². The van der Waals surface area contributed by atoms with Gasteiger partial charge in [0.25, 0.3) is 0 Å². The van der Waals surface area contributed by atoms with Gasteiger partial charge in [-0.1, -0.05) is 70.4 Å². The predicted molar refractivity (Wildman–Crippen MR) is 121 cm³/mol. The number of hydrogen-bond acceptors (Lipinski definition) is 2. The van der Waals surface area contributed by atoms with Crippen LogP contribution in [0.4, 0.5) is 0 Å². The van der Waals surface area contributed by atoms with Gasteiger partial charge < -0.3 is 0 Å². The van der Waals surface area contributed by atoms with Crippen molar-refractivity contribution in [2.24, 2.45) is 0 Å². The Bertz CT molecular complexity index is 590. The van der Waals surface area contributed by atoms with Crippen LogP contribution in [0.1, 0.15) is 118 Å². The van der Waals surface area contributed by atoms with Crippen molar-refractivity contribution in [1.82, 2.24) is 0 Å². The fourth-order valence-electron chi connectivity index (χ4n) is 3.83. The molecule has 0 fully saturated rings. The molecule has 0 N–H and O–H groups in total. The maximum Gasteiger partial charge on any atom is 0.185 e. The van der Waals surface area contributed by atoms with Crippen molar-refractivity contribution in [2.75, 3.05) is 0 Å². The van der Waals surface area contributed by atoms with Gasteiger partial charge in [0.15, 0.2) is 11.6 Å². The van der Waals surface area contributed by atoms with Crippen LogP contribution in [0.5, 0.6) is 0 Å². The van der Waals surface area contributed by atoms with Crippen LogP contribution in [0, 0.1) is 0 Å². The minimum absolute atomic E-state index is 0.0554. The minimum atomic E-state index is 0.0554. The molecule has 0 saturated heterocycles. The molecule has 2 heteroatoms. The number of ketones is 2. The van der Waals surface area contributed by atoms with Gasteiger partial charge in [-0.15, -0.1) is 0 Å². The van der Waals surface area contributed by atoms with E-state index < -0.39 is 0 Å². The molecule has 1 aliphatic rings. The molecule has 1 aliphatic carbocycles. The maximum atomic E-state index is 12.4. The van der Waals surface area contributed by atoms with Crippen molar-refractivity contribution in [1.29, 1.82) is 0 Å². The van der Waals surface area contributed by atoms with E-state index in [-0.39, 0.29) is 11.6 Å². The Hall–Kier alpha value is -1.44. The van der Waals surface area contributed by atoms with E-state index >= 15 is 0 Å². The number of carbonyl (C=O) groups excluding carboxylic acids is 2. The molecule has 158 valence electrons. The molecular formula is C26H42O2. The zero-order chi connectivity index (χ0) is 20.8. The van der Waals surface area contributed by atoms with Gasteiger partial charge >= 0.3 is 0 Å². The monoisotopic (exact) mass is 386 g/mol. The lowest BCUT2D eigenvalue weighted by molar-refractivity contribution is -0.116. The molecule has 0 radical (unpaired) electrons. The average Bonchev–Trinajstić information content (AvgIpc) is 2.70. The molecule has 0 spiro atoms. The average molecular weight is 387 g/mol. The summed E-state index contributed by atoms with van der Waals surface area (Å²) in [6.07, 6.45) is 22.0. The van der Waals surface area contributed by atoms with Gasteiger partial charge in [-0.25, -0.2) is 0 Å². The Kier molecular flexibility index (Phi) is 12.8. The normalized spacial score (nSPS) is 15.4. The van der Waals surface area contributed by atoms with E-state index in [1.54, 1.807) is 13.8 Å². The standard InChI is InChI=1S/C26H42O2/c1-5-6-7-8-9-10-11-12-13-14-15-16-17-18-19-20-24-23(4)25(27)21(2)22(3)26(24)28/h12-13H,5-11,14-20H2,1-4H3/b13-12+. The molecule has 0 bridgehead atoms. The summed E-state index contributed by atoms with van der Waals surface area (Å²) in [6, 6.07) is 0. The number of Topliss-reactive ketones (excluding diaryl/α,β-unsaturated/α-hetero) is 2. The topological polar surface area (TPSA) is 34.1 Å². The van der Waals surface area contributed by atoms with E-state index in [0.29, 0.717) is 16.7 Å². The molecule has 2 nitrogen and oxygen atoms in total. The number of unbranched alkanes of at least 4 members (excludes halogenated alkanes) is 11. The van der Waals surface area contributed by atoms with Crippen LogP contribution in [0.25, 0.3) is 0 Å². The summed E-state index contributed by atoms with van der Waals surface area (Å²) in [5, 5.41) is 0. The van der Waals surface area contributed by atoms with Crippen LogP contribution < -0.4 is 0 Å². The maximum absolute atomic E-state index is 12.4. The second-order valence-corrected chi connectivity index (χ2v) is 8.35. The Morgan fingerprint density at radius 3 is 1.61 bits per heavy atom. The molecule has 1 rings (SSSR count). The lowest BCUT2D eigenvalue weighted by atomic mass is 9.84. The highest BCUT2D eigenvalue weighted by Gasteiger charge is 2.26. The summed E-state index contributed by atoms with van der Waals surface area (Å²) in [7, 11) is 0. The van der Waals surface area contributed by atoms with Crippen LogP contribution in [0.3, 0.4) is 0 Å². The highest BCUT2D eigenvalue weighted by Crippen LogP contribution is 2.27. The summed E-state index contributed by atoms with van der Waals surface area (Å²) >= 11 is 0. The first-order chi connectivity index (χ1) is 13.5. The van der Waals surface area contributed by atoms with Gasteiger partial charge in [0, 0.05) is 22.3 Å². The van der Waals surface area contributed by atoms with Gasteiger partial charge in [-0.05, 0) is 59.3 Å². The molecule has 0 aromatic carbocycles. The van der Waals surface area contributed by atoms with Crippen molar-refractivity contribution < 1.29 is 9.59 Å². The molecule has 0 atom stereocenters. The Labute approximate surface area is 173 Å². The second-order valence-electron chi connectivity index (χ2n) is 8.35. The third-order valence-corrected chi connectivity index (χ3v) is 6.00. The number of carbonyl (C=O) groups is 2. The van der Waals surface area contributed by atoms with Gasteiger partial charge in [0.1, 0.15) is 0 Å². The van der Waals surface area contributed by atoms with Crippen LogP contribution in [0.15, 0.2) is 34.4 Å². The van der Waals surface area contributed by atoms with Crippen molar-refractivity contribution in [3.63, 3.8) is 0 Å². The van der Waals surface area contributed by atoms with E-state index in [4.69, 9.17) is 0 Å². The zero-order valence-corrected chi connectivity index (χ0v) is 18.9. The van der Waals surface area contributed by atoms with E-state index in [9.17, 15) is 9.59 Å². The highest BCUT2D eigenvalue weighted by atomic mass is 16.1. The fourth-order valence-corrected chi connectivity index (χ4v) is 3.83. The lowest BCUT2D eigenvalue weighted by Gasteiger charge is -2.18. The third kappa shape index (κ3) is 8.71. The zero-order valence-electron chi connectivity index (χ0n) is 18.9. The summed E-state index contributed by atoms with van der Waals surface area (Å²) < 4.78 is 0. The molecule has 0 unspecified atom stereocenters. The molecule has 28 heavy (non-hydrogen) atoms. The Balaban J connectivity index is 2.04. The smallest absolute Gasteiger partial charge is 0.185 e. The van der Waals surface area contributed by atoms with E-state index in [1.165, 1.54) is 70.6 Å². The summed E-state index contributed by atoms with van der Waals surface area (Å²) in [4.78, 5) is 24.6. The first-order valence-corrected chi connectivity index (χ1v) is 11.6. The molecular weight excluding hydrogens is 344 g/mol. The Morgan fingerprint density at radius 1 is 0.571 bits per heavy atom. The molecule has 0 aromatic heterocycles. The molecule has 0 heterocycles. The minimum Gasteiger partial charge on any atom is -0.289 e. The van der Waals surface area contributed by atoms with Gasteiger partial charge in [-0.2, -0.15) is 0 Å². The van der Waals surface area contributed by atoms with Gasteiger partial charge in [-0.3, -0.25) is 9.59 Å². The predicted octanol–water partition coefficient (Wildman–Crippen LogP) is 7.83. The van der Waals surface area contributed by atoms with Crippen LogP contribution in [-0.2, 0) is 9.59 Å². The number of hydrogen-bond donors (Lipinski definition) is 0. The second kappa shape index (κ2) is 14.5. The van der Waals surface area contributed by atoms with Crippen molar-refractivity contribution >= 4 is 11.6 Å². The quantitative estimate of drug-likeness (QED) is 0.163. The van der Waals surface area contributed by atoms with E-state index in [2.05, 4.69) is 19.1 Å².